The van der Waals surface area contributed by atoms with Crippen LogP contribution in [0.4, 0.5) is 11.4 Å². The Balaban J connectivity index is 1.81. The lowest BCUT2D eigenvalue weighted by Crippen LogP contribution is -2.00. The highest BCUT2D eigenvalue weighted by Gasteiger charge is 2.01. The van der Waals surface area contributed by atoms with Crippen molar-refractivity contribution in [2.45, 2.75) is 6.54 Å². The lowest BCUT2D eigenvalue weighted by atomic mass is 10.2. The molecule has 0 saturated heterocycles. The van der Waals surface area contributed by atoms with Gasteiger partial charge in [-0.15, -0.1) is 11.3 Å². The molecule has 0 aliphatic rings. The first kappa shape index (κ1) is 11.0. The summed E-state index contributed by atoms with van der Waals surface area (Å²) in [5.41, 5.74) is 9.50. The third-order valence-electron chi connectivity index (χ3n) is 2.70. The predicted molar refractivity (Wildman–Crippen MR) is 75.6 cm³/mol. The molecule has 18 heavy (non-hydrogen) atoms. The smallest absolute Gasteiger partial charge is 0.0907 e. The van der Waals surface area contributed by atoms with Gasteiger partial charge < -0.3 is 11.1 Å². The van der Waals surface area contributed by atoms with Gasteiger partial charge in [-0.1, -0.05) is 0 Å². The van der Waals surface area contributed by atoms with Crippen LogP contribution in [0, 0.1) is 0 Å². The topological polar surface area (TPSA) is 63.8 Å². The molecule has 0 amide bonds. The third kappa shape index (κ3) is 2.12. The average molecular weight is 256 g/mol. The van der Waals surface area contributed by atoms with Crippen molar-refractivity contribution in [3.8, 4) is 0 Å². The van der Waals surface area contributed by atoms with Gasteiger partial charge in [0.2, 0.25) is 0 Å². The van der Waals surface area contributed by atoms with Gasteiger partial charge in [0.25, 0.3) is 0 Å². The van der Waals surface area contributed by atoms with Crippen molar-refractivity contribution in [2.24, 2.45) is 0 Å². The molecule has 3 rings (SSSR count). The van der Waals surface area contributed by atoms with E-state index in [0.717, 1.165) is 33.8 Å². The maximum Gasteiger partial charge on any atom is 0.0907 e. The SMILES string of the molecule is Nc1ccsc1CNc1ccc2nccnc2c1. The number of anilines is 2. The van der Waals surface area contributed by atoms with Crippen molar-refractivity contribution in [3.63, 3.8) is 0 Å². The molecule has 90 valence electrons. The second-order valence-electron chi connectivity index (χ2n) is 3.91. The van der Waals surface area contributed by atoms with Crippen LogP contribution in [0.15, 0.2) is 42.0 Å². The van der Waals surface area contributed by atoms with Crippen LogP contribution in [0.2, 0.25) is 0 Å². The third-order valence-corrected chi connectivity index (χ3v) is 3.64. The van der Waals surface area contributed by atoms with E-state index in [9.17, 15) is 0 Å². The van der Waals surface area contributed by atoms with Crippen LogP contribution in [-0.2, 0) is 6.54 Å². The molecule has 4 nitrogen and oxygen atoms in total. The van der Waals surface area contributed by atoms with Gasteiger partial charge in [-0.3, -0.25) is 9.97 Å². The Morgan fingerprint density at radius 3 is 2.72 bits per heavy atom. The van der Waals surface area contributed by atoms with Crippen LogP contribution < -0.4 is 11.1 Å². The zero-order valence-corrected chi connectivity index (χ0v) is 10.4. The summed E-state index contributed by atoms with van der Waals surface area (Å²) in [5.74, 6) is 0. The lowest BCUT2D eigenvalue weighted by Gasteiger charge is -2.06. The summed E-state index contributed by atoms with van der Waals surface area (Å²) in [6, 6.07) is 7.88. The van der Waals surface area contributed by atoms with Gasteiger partial charge in [0.15, 0.2) is 0 Å². The van der Waals surface area contributed by atoms with E-state index in [0.29, 0.717) is 0 Å². The number of nitrogens with two attached hydrogens (primary N) is 1. The normalized spacial score (nSPS) is 10.7. The van der Waals surface area contributed by atoms with Gasteiger partial charge in [-0.05, 0) is 29.6 Å². The number of nitrogens with one attached hydrogen (secondary N) is 1. The Morgan fingerprint density at radius 2 is 1.94 bits per heavy atom. The fourth-order valence-electron chi connectivity index (χ4n) is 1.75. The van der Waals surface area contributed by atoms with E-state index in [-0.39, 0.29) is 0 Å². The summed E-state index contributed by atoms with van der Waals surface area (Å²) < 4.78 is 0. The molecular formula is C13H12N4S. The average Bonchev–Trinajstić information content (AvgIpc) is 2.82. The highest BCUT2D eigenvalue weighted by atomic mass is 32.1. The standard InChI is InChI=1S/C13H12N4S/c14-10-3-6-18-13(10)8-17-9-1-2-11-12(7-9)16-5-4-15-11/h1-7,17H,8,14H2. The van der Waals surface area contributed by atoms with Crippen LogP contribution >= 0.6 is 11.3 Å². The molecule has 2 aromatic heterocycles. The molecule has 0 saturated carbocycles. The Hall–Kier alpha value is -2.14. The second kappa shape index (κ2) is 4.62. The maximum absolute atomic E-state index is 5.84. The van der Waals surface area contributed by atoms with Crippen molar-refractivity contribution in [1.82, 2.24) is 9.97 Å². The first-order valence-corrected chi connectivity index (χ1v) is 6.47. The van der Waals surface area contributed by atoms with Crippen LogP contribution in [-0.4, -0.2) is 9.97 Å². The quantitative estimate of drug-likeness (QED) is 0.756. The Labute approximate surface area is 109 Å². The molecule has 1 aromatic carbocycles. The molecule has 5 heteroatoms. The number of benzene rings is 1. The largest absolute Gasteiger partial charge is 0.398 e. The Kier molecular flexibility index (Phi) is 2.82. The number of nitrogens with zero attached hydrogens (tertiary/aromatic N) is 2. The second-order valence-corrected chi connectivity index (χ2v) is 4.91. The molecule has 3 N–H and O–H groups in total. The number of hydrogen-bond acceptors (Lipinski definition) is 5. The van der Waals surface area contributed by atoms with Crippen molar-refractivity contribution in [2.75, 3.05) is 11.1 Å². The van der Waals surface area contributed by atoms with Crippen molar-refractivity contribution >= 4 is 33.7 Å². The minimum Gasteiger partial charge on any atom is -0.398 e. The number of nitrogen functional groups attached to an aromatic ring is 1. The molecule has 3 aromatic rings. The molecule has 0 unspecified atom stereocenters. The van der Waals surface area contributed by atoms with Gasteiger partial charge in [-0.25, -0.2) is 0 Å². The highest BCUT2D eigenvalue weighted by molar-refractivity contribution is 7.10. The lowest BCUT2D eigenvalue weighted by molar-refractivity contribution is 1.19. The summed E-state index contributed by atoms with van der Waals surface area (Å²) in [7, 11) is 0. The van der Waals surface area contributed by atoms with Crippen LogP contribution in [0.5, 0.6) is 0 Å². The highest BCUT2D eigenvalue weighted by Crippen LogP contribution is 2.21. The van der Waals surface area contributed by atoms with E-state index in [1.165, 1.54) is 0 Å². The van der Waals surface area contributed by atoms with Gasteiger partial charge in [-0.2, -0.15) is 0 Å². The fourth-order valence-corrected chi connectivity index (χ4v) is 2.49. The van der Waals surface area contributed by atoms with Gasteiger partial charge in [0, 0.05) is 28.6 Å². The molecule has 0 atom stereocenters. The first-order chi connectivity index (χ1) is 8.83. The monoisotopic (exact) mass is 256 g/mol. The van der Waals surface area contributed by atoms with E-state index in [1.54, 1.807) is 23.7 Å². The van der Waals surface area contributed by atoms with Gasteiger partial charge >= 0.3 is 0 Å². The van der Waals surface area contributed by atoms with Crippen molar-refractivity contribution in [1.29, 1.82) is 0 Å². The number of rotatable bonds is 3. The maximum atomic E-state index is 5.84. The molecule has 0 spiro atoms. The number of aromatic nitrogens is 2. The summed E-state index contributed by atoms with van der Waals surface area (Å²) in [5, 5.41) is 5.34. The van der Waals surface area contributed by atoms with Crippen molar-refractivity contribution < 1.29 is 0 Å². The molecule has 0 bridgehead atoms. The van der Waals surface area contributed by atoms with Crippen LogP contribution in [0.3, 0.4) is 0 Å². The first-order valence-electron chi connectivity index (χ1n) is 5.59. The predicted octanol–water partition coefficient (Wildman–Crippen LogP) is 2.89. The molecule has 0 aliphatic carbocycles. The Bertz CT molecular complexity index is 677. The van der Waals surface area contributed by atoms with Crippen molar-refractivity contribution in [3.05, 3.63) is 46.9 Å². The van der Waals surface area contributed by atoms with E-state index in [2.05, 4.69) is 15.3 Å². The molecular weight excluding hydrogens is 244 g/mol. The van der Waals surface area contributed by atoms with Crippen LogP contribution in [0.1, 0.15) is 4.88 Å². The van der Waals surface area contributed by atoms with Gasteiger partial charge in [0.05, 0.1) is 17.6 Å². The number of fused-ring (bicyclic) bond motifs is 1. The summed E-state index contributed by atoms with van der Waals surface area (Å²) in [6.45, 7) is 0.731. The summed E-state index contributed by atoms with van der Waals surface area (Å²) in [6.07, 6.45) is 3.39. The summed E-state index contributed by atoms with van der Waals surface area (Å²) in [4.78, 5) is 9.67. The van der Waals surface area contributed by atoms with E-state index in [1.807, 2.05) is 29.6 Å². The van der Waals surface area contributed by atoms with E-state index in [4.69, 9.17) is 5.73 Å². The van der Waals surface area contributed by atoms with E-state index >= 15 is 0 Å². The fraction of sp³-hybridized carbons (Fsp3) is 0.0769. The Morgan fingerprint density at radius 1 is 1.11 bits per heavy atom. The van der Waals surface area contributed by atoms with Gasteiger partial charge in [0.1, 0.15) is 0 Å². The minimum atomic E-state index is 0.731. The molecule has 0 radical (unpaired) electrons. The molecule has 0 fully saturated rings. The zero-order chi connectivity index (χ0) is 12.4. The van der Waals surface area contributed by atoms with Crippen LogP contribution in [0.25, 0.3) is 11.0 Å². The zero-order valence-electron chi connectivity index (χ0n) is 9.63. The number of thiophene rings is 1. The van der Waals surface area contributed by atoms with E-state index < -0.39 is 0 Å². The molecule has 2 heterocycles. The molecule has 0 aliphatic heterocycles. The summed E-state index contributed by atoms with van der Waals surface area (Å²) >= 11 is 1.66. The minimum absolute atomic E-state index is 0.731. The number of hydrogen-bond donors (Lipinski definition) is 2.